The van der Waals surface area contributed by atoms with Gasteiger partial charge in [-0.15, -0.1) is 0 Å². The fourth-order valence-electron chi connectivity index (χ4n) is 1.85. The maximum absolute atomic E-state index is 3.64. The first-order chi connectivity index (χ1) is 12.0. The average molecular weight is 471 g/mol. The van der Waals surface area contributed by atoms with Crippen LogP contribution in [0.3, 0.4) is 0 Å². The summed E-state index contributed by atoms with van der Waals surface area (Å²) in [5.74, 6) is 0. The lowest BCUT2D eigenvalue weighted by atomic mass is 11.0. The molecule has 0 aliphatic carbocycles. The lowest BCUT2D eigenvalue weighted by Crippen LogP contribution is -2.63. The van der Waals surface area contributed by atoms with Crippen LogP contribution in [0.15, 0.2) is 0 Å². The Hall–Kier alpha value is 1.34. The van der Waals surface area contributed by atoms with Crippen LogP contribution in [-0.4, -0.2) is 153 Å². The summed E-state index contributed by atoms with van der Waals surface area (Å²) in [4.78, 5) is 7.04. The average Bonchev–Trinajstić information content (AvgIpc) is 2.51. The maximum Gasteiger partial charge on any atom is 0.246 e. The number of hydrogen-bond acceptors (Lipinski definition) is 10. The highest BCUT2D eigenvalue weighted by molar-refractivity contribution is 6.62. The molecule has 0 bridgehead atoms. The standard InChI is InChI=1S/C7H22N10Si8/c1-12(2)24-14(4)25-15-5-8-19-17(7-15)23-11-22-16-6-9-18-13(3)20-10-21-16/h8-11H,5-7H2,1-4H3. The molecule has 0 spiro atoms. The van der Waals surface area contributed by atoms with Crippen molar-refractivity contribution in [2.45, 2.75) is 0 Å². The van der Waals surface area contributed by atoms with Crippen molar-refractivity contribution in [3.63, 3.8) is 0 Å². The van der Waals surface area contributed by atoms with Crippen molar-refractivity contribution in [2.24, 2.45) is 0 Å². The summed E-state index contributed by atoms with van der Waals surface area (Å²) < 4.78 is 21.5. The molecule has 0 aromatic rings. The van der Waals surface area contributed by atoms with E-state index in [4.69, 9.17) is 0 Å². The second-order valence-corrected chi connectivity index (χ2v) is 17.9. The first-order valence-corrected chi connectivity index (χ1v) is 15.0. The topological polar surface area (TPSA) is 67.6 Å². The summed E-state index contributed by atoms with van der Waals surface area (Å²) in [5.41, 5.74) is 0. The highest BCUT2D eigenvalue weighted by Gasteiger charge is 2.22. The highest BCUT2D eigenvalue weighted by Crippen LogP contribution is 1.95. The van der Waals surface area contributed by atoms with Gasteiger partial charge in [-0.1, -0.05) is 0 Å². The fourth-order valence-corrected chi connectivity index (χ4v) is 12.8. The molecule has 132 valence electrons. The van der Waals surface area contributed by atoms with Gasteiger partial charge in [-0.05, 0) is 28.2 Å². The highest BCUT2D eigenvalue weighted by atomic mass is 28.4. The van der Waals surface area contributed by atoms with Gasteiger partial charge in [0.05, 0.1) is 0 Å². The van der Waals surface area contributed by atoms with Crippen molar-refractivity contribution in [3.05, 3.63) is 0 Å². The fraction of sp³-hybridized carbons (Fsp3) is 1.00. The first-order valence-electron chi connectivity index (χ1n) is 7.50. The van der Waals surface area contributed by atoms with Gasteiger partial charge in [0.15, 0.2) is 0 Å². The third-order valence-corrected chi connectivity index (χ3v) is 11.7. The minimum atomic E-state index is 0.652. The Labute approximate surface area is 172 Å². The molecule has 18 heteroatoms. The Morgan fingerprint density at radius 1 is 0.960 bits per heavy atom. The molecule has 4 N–H and O–H groups in total. The van der Waals surface area contributed by atoms with Gasteiger partial charge in [0.2, 0.25) is 78.7 Å². The van der Waals surface area contributed by atoms with Gasteiger partial charge in [-0.3, -0.25) is 4.57 Å². The zero-order valence-electron chi connectivity index (χ0n) is 14.8. The van der Waals surface area contributed by atoms with E-state index in [9.17, 15) is 0 Å². The monoisotopic (exact) mass is 470 g/mol. The van der Waals surface area contributed by atoms with E-state index in [0.717, 1.165) is 39.7 Å². The lowest BCUT2D eigenvalue weighted by Gasteiger charge is -2.36. The van der Waals surface area contributed by atoms with Crippen LogP contribution in [-0.2, 0) is 0 Å². The van der Waals surface area contributed by atoms with Crippen LogP contribution >= 0.6 is 0 Å². The van der Waals surface area contributed by atoms with Crippen LogP contribution in [0.25, 0.3) is 0 Å². The first kappa shape index (κ1) is 22.6. The third-order valence-electron chi connectivity index (χ3n) is 2.72. The normalized spacial score (nSPS) is 23.3. The van der Waals surface area contributed by atoms with Crippen molar-refractivity contribution < 1.29 is 0 Å². The molecule has 0 aromatic carbocycles. The zero-order valence-corrected chi connectivity index (χ0v) is 22.8. The Morgan fingerprint density at radius 2 is 1.72 bits per heavy atom. The Balaban J connectivity index is 1.61. The lowest BCUT2D eigenvalue weighted by molar-refractivity contribution is 0.323. The van der Waals surface area contributed by atoms with E-state index in [-0.39, 0.29) is 0 Å². The maximum atomic E-state index is 3.64. The Kier molecular flexibility index (Phi) is 11.5. The molecule has 25 heavy (non-hydrogen) atoms. The van der Waals surface area contributed by atoms with Crippen LogP contribution in [0.1, 0.15) is 0 Å². The van der Waals surface area contributed by atoms with Gasteiger partial charge >= 0.3 is 0 Å². The molecule has 2 heterocycles. The summed E-state index contributed by atoms with van der Waals surface area (Å²) in [7, 11) is 14.1. The van der Waals surface area contributed by atoms with Gasteiger partial charge in [0.1, 0.15) is 0 Å². The molecule has 0 amide bonds. The van der Waals surface area contributed by atoms with Crippen molar-refractivity contribution >= 4 is 78.7 Å². The third kappa shape index (κ3) is 9.90. The minimum Gasteiger partial charge on any atom is -0.337 e. The molecule has 2 fully saturated rings. The summed E-state index contributed by atoms with van der Waals surface area (Å²) in [5, 5.41) is 0. The van der Waals surface area contributed by atoms with Gasteiger partial charge in [-0.25, -0.2) is 0 Å². The molecular formula is C7H22N10Si8. The molecule has 0 aromatic heterocycles. The Morgan fingerprint density at radius 3 is 2.52 bits per heavy atom. The summed E-state index contributed by atoms with van der Waals surface area (Å²) in [6.45, 7) is 2.96. The molecule has 2 rings (SSSR count). The van der Waals surface area contributed by atoms with E-state index < -0.39 is 0 Å². The summed E-state index contributed by atoms with van der Waals surface area (Å²) in [6, 6.07) is 0. The molecule has 0 atom stereocenters. The van der Waals surface area contributed by atoms with E-state index in [1.165, 1.54) is 0 Å². The molecule has 2 saturated heterocycles. The molecule has 0 unspecified atom stereocenters. The second kappa shape index (κ2) is 12.7. The van der Waals surface area contributed by atoms with Crippen LogP contribution < -0.4 is 19.3 Å². The predicted octanol–water partition coefficient (Wildman–Crippen LogP) is -6.15. The largest absolute Gasteiger partial charge is 0.337 e. The minimum absolute atomic E-state index is 0.652. The smallest absolute Gasteiger partial charge is 0.246 e. The number of nitrogens with zero attached hydrogens (tertiary/aromatic N) is 6. The molecular weight excluding hydrogens is 449 g/mol. The van der Waals surface area contributed by atoms with E-state index >= 15 is 0 Å². The van der Waals surface area contributed by atoms with Crippen LogP contribution in [0.2, 0.25) is 0 Å². The van der Waals surface area contributed by atoms with Gasteiger partial charge < -0.3 is 40.8 Å². The van der Waals surface area contributed by atoms with E-state index in [1.807, 2.05) is 0 Å². The molecule has 2 aliphatic heterocycles. The molecule has 2 aliphatic rings. The number of hydrogen-bond donors (Lipinski definition) is 4. The van der Waals surface area contributed by atoms with E-state index in [0.29, 0.717) is 59.1 Å². The molecule has 0 saturated carbocycles. The van der Waals surface area contributed by atoms with Gasteiger partial charge in [0, 0.05) is 20.0 Å². The van der Waals surface area contributed by atoms with Crippen molar-refractivity contribution in [2.75, 3.05) is 48.2 Å². The summed E-state index contributed by atoms with van der Waals surface area (Å²) in [6.07, 6.45) is 0. The number of nitrogens with one attached hydrogen (secondary N) is 4. The van der Waals surface area contributed by atoms with Crippen molar-refractivity contribution in [3.8, 4) is 0 Å². The van der Waals surface area contributed by atoms with Gasteiger partial charge in [-0.2, -0.15) is 0 Å². The van der Waals surface area contributed by atoms with Crippen LogP contribution in [0.5, 0.6) is 0 Å². The zero-order chi connectivity index (χ0) is 18.1. The van der Waals surface area contributed by atoms with Crippen LogP contribution in [0, 0.1) is 0 Å². The van der Waals surface area contributed by atoms with Crippen LogP contribution in [0.4, 0.5) is 0 Å². The molecule has 10 nitrogen and oxygen atoms in total. The van der Waals surface area contributed by atoms with E-state index in [1.54, 1.807) is 0 Å². The quantitative estimate of drug-likeness (QED) is 0.258. The molecule has 16 radical (unpaired) electrons. The predicted molar refractivity (Wildman–Crippen MR) is 108 cm³/mol. The van der Waals surface area contributed by atoms with Crippen molar-refractivity contribution in [1.82, 2.24) is 45.3 Å². The van der Waals surface area contributed by atoms with E-state index in [2.05, 4.69) is 73.5 Å². The SMILES string of the molecule is CN(C)[Si]N(C)[Si]N1CN[Si]N([Si]N[Si]N2CN[Si]N(C)[Si]N[Si]2)C1. The van der Waals surface area contributed by atoms with Crippen molar-refractivity contribution in [1.29, 1.82) is 0 Å². The number of rotatable bonds is 8. The second-order valence-electron chi connectivity index (χ2n) is 5.34. The summed E-state index contributed by atoms with van der Waals surface area (Å²) >= 11 is 0. The van der Waals surface area contributed by atoms with Gasteiger partial charge in [0.25, 0.3) is 0 Å². The Bertz CT molecular complexity index is 360.